The van der Waals surface area contributed by atoms with Gasteiger partial charge >= 0.3 is 0 Å². The maximum atomic E-state index is 4.16. The molecule has 0 aliphatic carbocycles. The molecule has 0 amide bonds. The van der Waals surface area contributed by atoms with Crippen LogP contribution in [0.1, 0.15) is 18.0 Å². The second kappa shape index (κ2) is 5.85. The zero-order valence-electron chi connectivity index (χ0n) is 9.71. The molecule has 1 atom stereocenters. The van der Waals surface area contributed by atoms with Crippen LogP contribution in [0.15, 0.2) is 67.5 Å². The Labute approximate surface area is 102 Å². The zero-order valence-corrected chi connectivity index (χ0v) is 9.71. The molecule has 1 N–H and O–H groups in total. The minimum Gasteiger partial charge on any atom is -0.378 e. The highest BCUT2D eigenvalue weighted by Crippen LogP contribution is 2.21. The summed E-state index contributed by atoms with van der Waals surface area (Å²) in [5.41, 5.74) is 2.29. The van der Waals surface area contributed by atoms with Crippen LogP contribution >= 0.6 is 0 Å². The van der Waals surface area contributed by atoms with E-state index in [0.717, 1.165) is 12.1 Å². The van der Waals surface area contributed by atoms with Gasteiger partial charge in [-0.25, -0.2) is 0 Å². The topological polar surface area (TPSA) is 24.9 Å². The molecule has 0 spiro atoms. The highest BCUT2D eigenvalue weighted by molar-refractivity contribution is 5.45. The van der Waals surface area contributed by atoms with Crippen molar-refractivity contribution in [3.8, 4) is 0 Å². The van der Waals surface area contributed by atoms with Gasteiger partial charge in [0.1, 0.15) is 0 Å². The molecule has 2 rings (SSSR count). The second-order valence-corrected chi connectivity index (χ2v) is 3.87. The molecular weight excluding hydrogens is 208 g/mol. The van der Waals surface area contributed by atoms with Gasteiger partial charge in [0, 0.05) is 18.1 Å². The van der Waals surface area contributed by atoms with Crippen LogP contribution < -0.4 is 5.32 Å². The maximum absolute atomic E-state index is 4.16. The van der Waals surface area contributed by atoms with E-state index in [1.54, 1.807) is 6.20 Å². The number of pyridine rings is 1. The van der Waals surface area contributed by atoms with Gasteiger partial charge in [-0.05, 0) is 30.2 Å². The Hall–Kier alpha value is -2.09. The fraction of sp³-hybridized carbons (Fsp3) is 0.133. The number of benzene rings is 1. The summed E-state index contributed by atoms with van der Waals surface area (Å²) in [5, 5.41) is 3.48. The number of aromatic nitrogens is 1. The average molecular weight is 224 g/mol. The van der Waals surface area contributed by atoms with Crippen LogP contribution in [0.2, 0.25) is 0 Å². The smallest absolute Gasteiger partial charge is 0.0563 e. The van der Waals surface area contributed by atoms with E-state index in [1.807, 2.05) is 36.5 Å². The Balaban J connectivity index is 2.16. The summed E-state index contributed by atoms with van der Waals surface area (Å²) in [6.45, 7) is 3.81. The normalized spacial score (nSPS) is 11.8. The first-order valence-electron chi connectivity index (χ1n) is 5.72. The van der Waals surface area contributed by atoms with Gasteiger partial charge in [0.2, 0.25) is 0 Å². The Bertz CT molecular complexity index is 451. The molecule has 0 aliphatic rings. The molecule has 0 bridgehead atoms. The minimum atomic E-state index is 0.226. The first kappa shape index (κ1) is 11.4. The summed E-state index contributed by atoms with van der Waals surface area (Å²) < 4.78 is 0. The summed E-state index contributed by atoms with van der Waals surface area (Å²) in [6, 6.07) is 14.4. The summed E-state index contributed by atoms with van der Waals surface area (Å²) >= 11 is 0. The SMILES string of the molecule is C=CCC(Nc1ccccc1)c1cccnc1. The first-order chi connectivity index (χ1) is 8.40. The predicted octanol–water partition coefficient (Wildman–Crippen LogP) is 3.81. The van der Waals surface area contributed by atoms with Crippen molar-refractivity contribution in [3.05, 3.63) is 73.1 Å². The summed E-state index contributed by atoms with van der Waals surface area (Å²) in [7, 11) is 0. The lowest BCUT2D eigenvalue weighted by Crippen LogP contribution is -2.09. The van der Waals surface area contributed by atoms with Crippen molar-refractivity contribution in [2.75, 3.05) is 5.32 Å². The summed E-state index contributed by atoms with van der Waals surface area (Å²) in [4.78, 5) is 4.16. The highest BCUT2D eigenvalue weighted by Gasteiger charge is 2.09. The summed E-state index contributed by atoms with van der Waals surface area (Å²) in [6.07, 6.45) is 6.48. The van der Waals surface area contributed by atoms with Crippen molar-refractivity contribution < 1.29 is 0 Å². The molecule has 1 aromatic carbocycles. The van der Waals surface area contributed by atoms with Gasteiger partial charge in [0.25, 0.3) is 0 Å². The van der Waals surface area contributed by atoms with Gasteiger partial charge < -0.3 is 5.32 Å². The molecule has 0 aliphatic heterocycles. The second-order valence-electron chi connectivity index (χ2n) is 3.87. The molecule has 2 heteroatoms. The van der Waals surface area contributed by atoms with Gasteiger partial charge in [-0.2, -0.15) is 0 Å². The number of hydrogen-bond donors (Lipinski definition) is 1. The van der Waals surface area contributed by atoms with Crippen LogP contribution in [-0.4, -0.2) is 4.98 Å². The van der Waals surface area contributed by atoms with E-state index in [2.05, 4.69) is 35.1 Å². The Morgan fingerprint density at radius 3 is 2.65 bits per heavy atom. The van der Waals surface area contributed by atoms with Gasteiger partial charge in [0.15, 0.2) is 0 Å². The van der Waals surface area contributed by atoms with E-state index < -0.39 is 0 Å². The summed E-state index contributed by atoms with van der Waals surface area (Å²) in [5.74, 6) is 0. The largest absolute Gasteiger partial charge is 0.378 e. The minimum absolute atomic E-state index is 0.226. The van der Waals surface area contributed by atoms with E-state index in [4.69, 9.17) is 0 Å². The molecule has 86 valence electrons. The lowest BCUT2D eigenvalue weighted by Gasteiger charge is -2.18. The lowest BCUT2D eigenvalue weighted by atomic mass is 10.1. The Kier molecular flexibility index (Phi) is 3.92. The van der Waals surface area contributed by atoms with Crippen LogP contribution in [0.4, 0.5) is 5.69 Å². The maximum Gasteiger partial charge on any atom is 0.0563 e. The van der Waals surface area contributed by atoms with Gasteiger partial charge in [0.05, 0.1) is 6.04 Å². The van der Waals surface area contributed by atoms with Crippen LogP contribution in [0.5, 0.6) is 0 Å². The van der Waals surface area contributed by atoms with Crippen molar-refractivity contribution in [1.29, 1.82) is 0 Å². The van der Waals surface area contributed by atoms with E-state index in [9.17, 15) is 0 Å². The Morgan fingerprint density at radius 2 is 2.00 bits per heavy atom. The van der Waals surface area contributed by atoms with E-state index >= 15 is 0 Å². The number of nitrogens with zero attached hydrogens (tertiary/aromatic N) is 1. The number of hydrogen-bond acceptors (Lipinski definition) is 2. The molecule has 2 aromatic rings. The number of nitrogens with one attached hydrogen (secondary N) is 1. The van der Waals surface area contributed by atoms with E-state index in [1.165, 1.54) is 5.56 Å². The van der Waals surface area contributed by atoms with Crippen molar-refractivity contribution in [2.45, 2.75) is 12.5 Å². The molecule has 0 saturated carbocycles. The molecule has 1 aromatic heterocycles. The van der Waals surface area contributed by atoms with Crippen LogP contribution in [-0.2, 0) is 0 Å². The molecule has 17 heavy (non-hydrogen) atoms. The lowest BCUT2D eigenvalue weighted by molar-refractivity contribution is 0.793. The van der Waals surface area contributed by atoms with Crippen molar-refractivity contribution in [3.63, 3.8) is 0 Å². The quantitative estimate of drug-likeness (QED) is 0.781. The molecule has 1 unspecified atom stereocenters. The molecule has 2 nitrogen and oxygen atoms in total. The number of rotatable bonds is 5. The van der Waals surface area contributed by atoms with Crippen molar-refractivity contribution in [2.24, 2.45) is 0 Å². The van der Waals surface area contributed by atoms with Crippen molar-refractivity contribution >= 4 is 5.69 Å². The van der Waals surface area contributed by atoms with Crippen LogP contribution in [0.25, 0.3) is 0 Å². The monoisotopic (exact) mass is 224 g/mol. The third-order valence-electron chi connectivity index (χ3n) is 2.60. The van der Waals surface area contributed by atoms with Gasteiger partial charge in [-0.3, -0.25) is 4.98 Å². The average Bonchev–Trinajstić information content (AvgIpc) is 2.40. The highest BCUT2D eigenvalue weighted by atomic mass is 14.9. The molecule has 1 heterocycles. The fourth-order valence-corrected chi connectivity index (χ4v) is 1.76. The van der Waals surface area contributed by atoms with Crippen LogP contribution in [0, 0.1) is 0 Å². The molecule has 0 saturated heterocycles. The molecule has 0 radical (unpaired) electrons. The van der Waals surface area contributed by atoms with E-state index in [-0.39, 0.29) is 6.04 Å². The van der Waals surface area contributed by atoms with Crippen molar-refractivity contribution in [1.82, 2.24) is 4.98 Å². The first-order valence-corrected chi connectivity index (χ1v) is 5.72. The molecule has 0 fully saturated rings. The van der Waals surface area contributed by atoms with Gasteiger partial charge in [-0.1, -0.05) is 30.3 Å². The number of anilines is 1. The predicted molar refractivity (Wildman–Crippen MR) is 71.9 cm³/mol. The van der Waals surface area contributed by atoms with E-state index in [0.29, 0.717) is 0 Å². The number of para-hydroxylation sites is 1. The molecular formula is C15H16N2. The van der Waals surface area contributed by atoms with Crippen LogP contribution in [0.3, 0.4) is 0 Å². The third kappa shape index (κ3) is 3.18. The third-order valence-corrected chi connectivity index (χ3v) is 2.60. The standard InChI is InChI=1S/C15H16N2/c1-2-7-15(13-8-6-11-16-12-13)17-14-9-4-3-5-10-14/h2-6,8-12,15,17H,1,7H2. The zero-order chi connectivity index (χ0) is 11.9. The van der Waals surface area contributed by atoms with Gasteiger partial charge in [-0.15, -0.1) is 6.58 Å². The Morgan fingerprint density at radius 1 is 1.18 bits per heavy atom. The fourth-order valence-electron chi connectivity index (χ4n) is 1.76.